The summed E-state index contributed by atoms with van der Waals surface area (Å²) in [5.41, 5.74) is -1.97. The molecule has 0 fully saturated rings. The van der Waals surface area contributed by atoms with Crippen LogP contribution in [0.2, 0.25) is 0 Å². The van der Waals surface area contributed by atoms with E-state index in [1.165, 1.54) is 24.3 Å². The van der Waals surface area contributed by atoms with Crippen molar-refractivity contribution in [3.05, 3.63) is 75.6 Å². The fourth-order valence-corrected chi connectivity index (χ4v) is 2.30. The Kier molecular flexibility index (Phi) is 3.35. The predicted molar refractivity (Wildman–Crippen MR) is 69.3 cm³/mol. The van der Waals surface area contributed by atoms with Crippen molar-refractivity contribution in [3.8, 4) is 0 Å². The highest BCUT2D eigenvalue weighted by atomic mass is 19.2. The van der Waals surface area contributed by atoms with Crippen LogP contribution in [0.5, 0.6) is 0 Å². The molecule has 3 rings (SSSR count). The lowest BCUT2D eigenvalue weighted by molar-refractivity contribution is 0.0990. The van der Waals surface area contributed by atoms with E-state index in [1.54, 1.807) is 0 Å². The third-order valence-corrected chi connectivity index (χ3v) is 3.44. The van der Waals surface area contributed by atoms with Gasteiger partial charge in [-0.15, -0.1) is 0 Å². The van der Waals surface area contributed by atoms with Crippen LogP contribution in [0.1, 0.15) is 26.3 Å². The van der Waals surface area contributed by atoms with Gasteiger partial charge < -0.3 is 0 Å². The molecule has 0 bridgehead atoms. The topological polar surface area (TPSA) is 34.1 Å². The Balaban J connectivity index is 2.23. The molecule has 0 spiro atoms. The molecule has 23 heavy (non-hydrogen) atoms. The van der Waals surface area contributed by atoms with Gasteiger partial charge in [0.1, 0.15) is 0 Å². The highest BCUT2D eigenvalue weighted by Crippen LogP contribution is 2.30. The van der Waals surface area contributed by atoms with Gasteiger partial charge in [-0.25, -0.2) is 22.0 Å². The summed E-state index contributed by atoms with van der Waals surface area (Å²) in [4.78, 5) is 24.2. The van der Waals surface area contributed by atoms with Gasteiger partial charge in [-0.3, -0.25) is 9.59 Å². The molecule has 0 saturated heterocycles. The Morgan fingerprint density at radius 2 is 1.04 bits per heavy atom. The van der Waals surface area contributed by atoms with E-state index in [2.05, 4.69) is 0 Å². The first-order chi connectivity index (χ1) is 10.8. The SMILES string of the molecule is O=C1C(=Cc2c(F)c(F)c(F)c(F)c2F)C(=O)c2ccccc21. The van der Waals surface area contributed by atoms with Crippen LogP contribution in [-0.4, -0.2) is 11.6 Å². The third kappa shape index (κ3) is 2.08. The lowest BCUT2D eigenvalue weighted by Gasteiger charge is -2.05. The first kappa shape index (κ1) is 15.1. The number of hydrogen-bond donors (Lipinski definition) is 0. The zero-order valence-corrected chi connectivity index (χ0v) is 11.1. The number of fused-ring (bicyclic) bond motifs is 1. The van der Waals surface area contributed by atoms with Gasteiger partial charge >= 0.3 is 0 Å². The summed E-state index contributed by atoms with van der Waals surface area (Å²) in [6, 6.07) is 5.61. The molecule has 0 atom stereocenters. The number of hydrogen-bond acceptors (Lipinski definition) is 2. The molecule has 2 aromatic rings. The normalized spacial score (nSPS) is 13.5. The van der Waals surface area contributed by atoms with Gasteiger partial charge in [0.05, 0.1) is 11.1 Å². The summed E-state index contributed by atoms with van der Waals surface area (Å²) < 4.78 is 66.6. The summed E-state index contributed by atoms with van der Waals surface area (Å²) >= 11 is 0. The first-order valence-corrected chi connectivity index (χ1v) is 6.26. The van der Waals surface area contributed by atoms with E-state index in [4.69, 9.17) is 0 Å². The molecule has 0 aliphatic heterocycles. The number of rotatable bonds is 1. The average molecular weight is 324 g/mol. The highest BCUT2D eigenvalue weighted by Gasteiger charge is 2.34. The van der Waals surface area contributed by atoms with Crippen LogP contribution in [0.4, 0.5) is 22.0 Å². The van der Waals surface area contributed by atoms with Crippen LogP contribution in [0, 0.1) is 29.1 Å². The number of Topliss-reactive ketones (excluding diaryl/α,β-unsaturated/α-hetero) is 2. The number of halogens is 5. The van der Waals surface area contributed by atoms with Crippen molar-refractivity contribution in [2.45, 2.75) is 0 Å². The van der Waals surface area contributed by atoms with Crippen molar-refractivity contribution in [1.82, 2.24) is 0 Å². The Bertz CT molecular complexity index is 849. The molecule has 2 aromatic carbocycles. The number of carbonyl (C=O) groups is 2. The molecule has 2 nitrogen and oxygen atoms in total. The molecule has 0 amide bonds. The third-order valence-electron chi connectivity index (χ3n) is 3.44. The minimum atomic E-state index is -2.31. The number of ketones is 2. The predicted octanol–water partition coefficient (Wildman–Crippen LogP) is 3.84. The average Bonchev–Trinajstić information content (AvgIpc) is 2.80. The van der Waals surface area contributed by atoms with Crippen molar-refractivity contribution < 1.29 is 31.5 Å². The van der Waals surface area contributed by atoms with Crippen LogP contribution in [0.3, 0.4) is 0 Å². The van der Waals surface area contributed by atoms with Crippen LogP contribution >= 0.6 is 0 Å². The lowest BCUT2D eigenvalue weighted by atomic mass is 10.1. The second-order valence-electron chi connectivity index (χ2n) is 4.75. The summed E-state index contributed by atoms with van der Waals surface area (Å²) in [6.07, 6.45) is 0.390. The second kappa shape index (κ2) is 5.12. The van der Waals surface area contributed by atoms with Crippen LogP contribution in [-0.2, 0) is 0 Å². The van der Waals surface area contributed by atoms with Gasteiger partial charge in [-0.05, 0) is 6.08 Å². The van der Waals surface area contributed by atoms with Crippen molar-refractivity contribution >= 4 is 17.6 Å². The van der Waals surface area contributed by atoms with E-state index in [9.17, 15) is 31.5 Å². The molecule has 1 aliphatic rings. The van der Waals surface area contributed by atoms with Gasteiger partial charge in [-0.2, -0.15) is 0 Å². The quantitative estimate of drug-likeness (QED) is 0.263. The zero-order valence-electron chi connectivity index (χ0n) is 11.1. The van der Waals surface area contributed by atoms with E-state index in [0.29, 0.717) is 6.08 Å². The van der Waals surface area contributed by atoms with E-state index in [-0.39, 0.29) is 11.1 Å². The monoisotopic (exact) mass is 324 g/mol. The summed E-state index contributed by atoms with van der Waals surface area (Å²) in [7, 11) is 0. The maximum absolute atomic E-state index is 13.7. The maximum Gasteiger partial charge on any atom is 0.200 e. The van der Waals surface area contributed by atoms with Crippen molar-refractivity contribution in [2.24, 2.45) is 0 Å². The van der Waals surface area contributed by atoms with Gasteiger partial charge in [0.15, 0.2) is 34.8 Å². The van der Waals surface area contributed by atoms with Crippen molar-refractivity contribution in [3.63, 3.8) is 0 Å². The number of carbonyl (C=O) groups excluding carboxylic acids is 2. The molecule has 0 saturated carbocycles. The molecule has 0 unspecified atom stereocenters. The standard InChI is InChI=1S/C16H5F5O2/c17-10-8(11(18)13(20)14(21)12(10)19)5-9-15(22)6-3-1-2-4-7(6)16(9)23/h1-5H. The molecule has 0 aromatic heterocycles. The van der Waals surface area contributed by atoms with E-state index in [1.807, 2.05) is 0 Å². The summed E-state index contributed by atoms with van der Waals surface area (Å²) in [5.74, 6) is -12.5. The van der Waals surface area contributed by atoms with E-state index < -0.39 is 51.8 Å². The maximum atomic E-state index is 13.7. The highest BCUT2D eigenvalue weighted by molar-refractivity contribution is 6.41. The van der Waals surface area contributed by atoms with Crippen molar-refractivity contribution in [2.75, 3.05) is 0 Å². The molecular formula is C16H5F5O2. The fourth-order valence-electron chi connectivity index (χ4n) is 2.30. The zero-order chi connectivity index (χ0) is 16.9. The van der Waals surface area contributed by atoms with Gasteiger partial charge in [0.25, 0.3) is 0 Å². The van der Waals surface area contributed by atoms with Gasteiger partial charge in [0.2, 0.25) is 5.82 Å². The molecular weight excluding hydrogens is 319 g/mol. The van der Waals surface area contributed by atoms with Gasteiger partial charge in [0, 0.05) is 11.1 Å². The fraction of sp³-hybridized carbons (Fsp3) is 0. The van der Waals surface area contributed by atoms with E-state index in [0.717, 1.165) is 0 Å². The number of benzene rings is 2. The Morgan fingerprint density at radius 1 is 0.652 bits per heavy atom. The smallest absolute Gasteiger partial charge is 0.200 e. The Hall–Kier alpha value is -2.83. The summed E-state index contributed by atoms with van der Waals surface area (Å²) in [6.45, 7) is 0. The number of allylic oxidation sites excluding steroid dienone is 1. The van der Waals surface area contributed by atoms with Crippen molar-refractivity contribution in [1.29, 1.82) is 0 Å². The Labute approximate surface area is 125 Å². The first-order valence-electron chi connectivity index (χ1n) is 6.26. The molecule has 7 heteroatoms. The molecule has 0 radical (unpaired) electrons. The summed E-state index contributed by atoms with van der Waals surface area (Å²) in [5, 5.41) is 0. The second-order valence-corrected chi connectivity index (χ2v) is 4.75. The van der Waals surface area contributed by atoms with Gasteiger partial charge in [-0.1, -0.05) is 24.3 Å². The minimum absolute atomic E-state index is 0.00706. The van der Waals surface area contributed by atoms with Crippen LogP contribution < -0.4 is 0 Å². The molecule has 1 aliphatic carbocycles. The largest absolute Gasteiger partial charge is 0.288 e. The molecule has 0 N–H and O–H groups in total. The van der Waals surface area contributed by atoms with E-state index >= 15 is 0 Å². The molecule has 116 valence electrons. The minimum Gasteiger partial charge on any atom is -0.288 e. The molecule has 0 heterocycles. The van der Waals surface area contributed by atoms with Crippen LogP contribution in [0.15, 0.2) is 29.8 Å². The lowest BCUT2D eigenvalue weighted by Crippen LogP contribution is -2.07. The van der Waals surface area contributed by atoms with Crippen LogP contribution in [0.25, 0.3) is 6.08 Å². The Morgan fingerprint density at radius 3 is 1.48 bits per heavy atom.